The average molecular weight is 533 g/mol. The first-order chi connectivity index (χ1) is 18.1. The molecular weight excluding hydrogens is 492 g/mol. The maximum absolute atomic E-state index is 13.5. The van der Waals surface area contributed by atoms with Gasteiger partial charge in [0.05, 0.1) is 12.0 Å². The van der Waals surface area contributed by atoms with Crippen LogP contribution in [0, 0.1) is 5.41 Å². The number of ether oxygens (including phenoxy) is 2. The van der Waals surface area contributed by atoms with E-state index >= 15 is 0 Å². The molecule has 0 radical (unpaired) electrons. The van der Waals surface area contributed by atoms with Gasteiger partial charge in [0.1, 0.15) is 17.5 Å². The van der Waals surface area contributed by atoms with Gasteiger partial charge in [0.25, 0.3) is 11.8 Å². The second-order valence-corrected chi connectivity index (χ2v) is 10.2. The Morgan fingerprint density at radius 2 is 1.82 bits per heavy atom. The molecule has 3 N–H and O–H groups in total. The molecule has 0 saturated heterocycles. The smallest absolute Gasteiger partial charge is 0.258 e. The van der Waals surface area contributed by atoms with Crippen LogP contribution in [0.3, 0.4) is 0 Å². The molecule has 11 heteroatoms. The molecule has 1 saturated carbocycles. The summed E-state index contributed by atoms with van der Waals surface area (Å²) in [6.45, 7) is 3.47. The van der Waals surface area contributed by atoms with Crippen LogP contribution >= 0.6 is 0 Å². The fourth-order valence-corrected chi connectivity index (χ4v) is 4.91. The van der Waals surface area contributed by atoms with E-state index in [2.05, 4.69) is 10.6 Å². The molecule has 2 bridgehead atoms. The van der Waals surface area contributed by atoms with Crippen molar-refractivity contribution >= 4 is 23.6 Å². The first kappa shape index (κ1) is 29.2. The van der Waals surface area contributed by atoms with Crippen LogP contribution < -0.4 is 15.4 Å². The monoisotopic (exact) mass is 532 g/mol. The van der Waals surface area contributed by atoms with Crippen LogP contribution in [0.15, 0.2) is 18.2 Å². The molecule has 1 fully saturated rings. The van der Waals surface area contributed by atoms with Gasteiger partial charge in [-0.1, -0.05) is 6.42 Å². The van der Waals surface area contributed by atoms with Gasteiger partial charge in [-0.3, -0.25) is 19.2 Å². The maximum atomic E-state index is 13.5. The Hall–Kier alpha value is -3.34. The maximum Gasteiger partial charge on any atom is 0.258 e. The van der Waals surface area contributed by atoms with E-state index in [-0.39, 0.29) is 35.5 Å². The number of phenols is 1. The molecule has 1 aromatic rings. The van der Waals surface area contributed by atoms with Crippen molar-refractivity contribution in [3.8, 4) is 11.5 Å². The fourth-order valence-electron chi connectivity index (χ4n) is 4.91. The highest BCUT2D eigenvalue weighted by molar-refractivity contribution is 5.95. The molecule has 0 aromatic heterocycles. The molecule has 210 valence electrons. The van der Waals surface area contributed by atoms with Crippen molar-refractivity contribution < 1.29 is 33.8 Å². The van der Waals surface area contributed by atoms with Crippen molar-refractivity contribution in [3.05, 3.63) is 23.8 Å². The zero-order valence-corrected chi connectivity index (χ0v) is 22.6. The van der Waals surface area contributed by atoms with Gasteiger partial charge in [0.2, 0.25) is 11.8 Å². The van der Waals surface area contributed by atoms with E-state index in [4.69, 9.17) is 9.47 Å². The lowest BCUT2D eigenvalue weighted by molar-refractivity contribution is -0.152. The Kier molecular flexibility index (Phi) is 10.3. The van der Waals surface area contributed by atoms with E-state index in [9.17, 15) is 24.3 Å². The van der Waals surface area contributed by atoms with E-state index < -0.39 is 23.3 Å². The third-order valence-corrected chi connectivity index (χ3v) is 7.18. The standard InChI is InChI=1S/C27H40N4O7/c1-19-25(35)30(2)11-4-5-12-31(26(36)27(18-37-3)8-6-9-27)13-7-10-28-24(34)20-14-21(32)16-22(15-20)38-17-23(33)29-19/h14-16,19,32H,4-13,17-18H2,1-3H3,(H,28,34)(H,29,33)/t19-/m0/s1. The summed E-state index contributed by atoms with van der Waals surface area (Å²) < 4.78 is 10.8. The van der Waals surface area contributed by atoms with Crippen molar-refractivity contribution in [3.63, 3.8) is 0 Å². The fraction of sp³-hybridized carbons (Fsp3) is 0.630. The topological polar surface area (TPSA) is 138 Å². The lowest BCUT2D eigenvalue weighted by Gasteiger charge is -2.43. The zero-order chi connectivity index (χ0) is 27.7. The number of fused-ring (bicyclic) bond motifs is 2. The molecule has 1 atom stereocenters. The van der Waals surface area contributed by atoms with Crippen LogP contribution in [0.25, 0.3) is 0 Å². The third kappa shape index (κ3) is 7.59. The van der Waals surface area contributed by atoms with Crippen molar-refractivity contribution in [2.45, 2.75) is 51.5 Å². The first-order valence-electron chi connectivity index (χ1n) is 13.2. The molecule has 2 aliphatic rings. The van der Waals surface area contributed by atoms with Crippen LogP contribution in [0.2, 0.25) is 0 Å². The Balaban J connectivity index is 1.75. The Morgan fingerprint density at radius 1 is 1.11 bits per heavy atom. The summed E-state index contributed by atoms with van der Waals surface area (Å²) in [5.74, 6) is -1.09. The number of nitrogens with zero attached hydrogens (tertiary/aromatic N) is 2. The number of nitrogens with one attached hydrogen (secondary N) is 2. The van der Waals surface area contributed by atoms with Gasteiger partial charge >= 0.3 is 0 Å². The summed E-state index contributed by atoms with van der Waals surface area (Å²) in [6.07, 6.45) is 4.56. The van der Waals surface area contributed by atoms with Crippen LogP contribution in [0.1, 0.15) is 55.8 Å². The molecule has 11 nitrogen and oxygen atoms in total. The van der Waals surface area contributed by atoms with Crippen LogP contribution in [0.4, 0.5) is 0 Å². The Morgan fingerprint density at radius 3 is 2.50 bits per heavy atom. The van der Waals surface area contributed by atoms with Gasteiger partial charge in [-0.2, -0.15) is 0 Å². The minimum absolute atomic E-state index is 0.0783. The number of aromatic hydroxyl groups is 1. The SMILES string of the molecule is COCC1(C(=O)N2CCCCN(C)C(=O)[C@H](C)NC(=O)COc3cc(O)cc(c3)C(=O)NCCC2)CCC1. The lowest BCUT2D eigenvalue weighted by Crippen LogP contribution is -2.51. The predicted molar refractivity (Wildman–Crippen MR) is 140 cm³/mol. The number of methoxy groups -OCH3 is 1. The van der Waals surface area contributed by atoms with Crippen LogP contribution in [0.5, 0.6) is 11.5 Å². The molecule has 4 amide bonds. The summed E-state index contributed by atoms with van der Waals surface area (Å²) in [5, 5.41) is 15.5. The van der Waals surface area contributed by atoms with Crippen molar-refractivity contribution in [2.75, 3.05) is 53.6 Å². The highest BCUT2D eigenvalue weighted by Gasteiger charge is 2.46. The normalized spacial score (nSPS) is 22.0. The average Bonchev–Trinajstić information content (AvgIpc) is 2.86. The Bertz CT molecular complexity index is 1010. The molecule has 1 aromatic carbocycles. The van der Waals surface area contributed by atoms with E-state index in [1.807, 2.05) is 4.90 Å². The quantitative estimate of drug-likeness (QED) is 0.533. The van der Waals surface area contributed by atoms with Crippen LogP contribution in [-0.2, 0) is 19.1 Å². The number of phenolic OH excluding ortho intramolecular Hbond substituents is 1. The van der Waals surface area contributed by atoms with Crippen LogP contribution in [-0.4, -0.2) is 98.1 Å². The lowest BCUT2D eigenvalue weighted by atomic mass is 9.68. The number of carbonyl (C=O) groups is 4. The number of rotatable bonds is 3. The molecule has 0 unspecified atom stereocenters. The number of carbonyl (C=O) groups excluding carboxylic acids is 4. The minimum Gasteiger partial charge on any atom is -0.508 e. The Labute approximate surface area is 223 Å². The van der Waals surface area contributed by atoms with Crippen molar-refractivity contribution in [2.24, 2.45) is 5.41 Å². The summed E-state index contributed by atoms with van der Waals surface area (Å²) >= 11 is 0. The third-order valence-electron chi connectivity index (χ3n) is 7.18. The van der Waals surface area contributed by atoms with Crippen molar-refractivity contribution in [1.29, 1.82) is 0 Å². The molecule has 38 heavy (non-hydrogen) atoms. The highest BCUT2D eigenvalue weighted by Crippen LogP contribution is 2.42. The number of amides is 4. The van der Waals surface area contributed by atoms with Gasteiger partial charge in [-0.05, 0) is 51.2 Å². The molecule has 1 heterocycles. The highest BCUT2D eigenvalue weighted by atomic mass is 16.5. The first-order valence-corrected chi connectivity index (χ1v) is 13.2. The number of likely N-dealkylation sites (N-methyl/N-ethyl adjacent to an activating group) is 1. The molecule has 1 aliphatic carbocycles. The van der Waals surface area contributed by atoms with E-state index in [1.54, 1.807) is 26.0 Å². The summed E-state index contributed by atoms with van der Waals surface area (Å²) in [4.78, 5) is 54.7. The van der Waals surface area contributed by atoms with Gasteiger partial charge < -0.3 is 35.0 Å². The number of hydrogen-bond donors (Lipinski definition) is 3. The second-order valence-electron chi connectivity index (χ2n) is 10.2. The number of benzene rings is 1. The predicted octanol–water partition coefficient (Wildman–Crippen LogP) is 1.29. The molecule has 0 spiro atoms. The van der Waals surface area contributed by atoms with Gasteiger partial charge in [0.15, 0.2) is 6.61 Å². The molecule has 1 aliphatic heterocycles. The second kappa shape index (κ2) is 13.5. The zero-order valence-electron chi connectivity index (χ0n) is 22.6. The minimum atomic E-state index is -0.752. The van der Waals surface area contributed by atoms with Crippen molar-refractivity contribution in [1.82, 2.24) is 20.4 Å². The van der Waals surface area contributed by atoms with E-state index in [1.165, 1.54) is 18.2 Å². The summed E-state index contributed by atoms with van der Waals surface area (Å²) in [6, 6.07) is 3.30. The van der Waals surface area contributed by atoms with Gasteiger partial charge in [-0.15, -0.1) is 0 Å². The number of hydrogen-bond acceptors (Lipinski definition) is 7. The van der Waals surface area contributed by atoms with Gasteiger partial charge in [0, 0.05) is 52.0 Å². The molecular formula is C27H40N4O7. The van der Waals surface area contributed by atoms with E-state index in [0.29, 0.717) is 52.0 Å². The molecule has 3 rings (SSSR count). The summed E-state index contributed by atoms with van der Waals surface area (Å²) in [7, 11) is 3.30. The summed E-state index contributed by atoms with van der Waals surface area (Å²) in [5.41, 5.74) is -0.300. The largest absolute Gasteiger partial charge is 0.508 e. The van der Waals surface area contributed by atoms with Gasteiger partial charge in [-0.25, -0.2) is 0 Å². The van der Waals surface area contributed by atoms with E-state index in [0.717, 1.165) is 19.3 Å².